The number of aromatic nitrogens is 2. The molecule has 0 aliphatic carbocycles. The van der Waals surface area contributed by atoms with Gasteiger partial charge in [-0.25, -0.2) is 4.98 Å². The number of aldehydes is 1. The first-order valence-corrected chi connectivity index (χ1v) is 10.6. The van der Waals surface area contributed by atoms with Crippen molar-refractivity contribution in [1.82, 2.24) is 10.1 Å². The monoisotopic (exact) mass is 352 g/mol. The van der Waals surface area contributed by atoms with Crippen LogP contribution >= 0.6 is 11.6 Å². The smallest absolute Gasteiger partial charge is 0.192 e. The first-order chi connectivity index (χ1) is 10.7. The maximum atomic E-state index is 11.5. The minimum atomic E-state index is -1.95. The summed E-state index contributed by atoms with van der Waals surface area (Å²) in [5.41, 5.74) is 1.32. The Bertz CT molecular complexity index is 708. The number of carbonyl (C=O) groups is 1. The van der Waals surface area contributed by atoms with Gasteiger partial charge in [-0.05, 0) is 30.3 Å². The van der Waals surface area contributed by atoms with Gasteiger partial charge in [0.25, 0.3) is 0 Å². The lowest BCUT2D eigenvalue weighted by atomic mass is 10.1. The van der Waals surface area contributed by atoms with Crippen LogP contribution in [-0.2, 0) is 11.0 Å². The van der Waals surface area contributed by atoms with Crippen molar-refractivity contribution in [2.45, 2.75) is 45.5 Å². The summed E-state index contributed by atoms with van der Waals surface area (Å²) in [5, 5.41) is 4.34. The third kappa shape index (κ3) is 3.71. The van der Waals surface area contributed by atoms with Gasteiger partial charge < -0.3 is 8.95 Å². The van der Waals surface area contributed by atoms with Gasteiger partial charge in [0.05, 0.1) is 12.2 Å². The first kappa shape index (κ1) is 17.8. The Morgan fingerprint density at radius 2 is 2.09 bits per heavy atom. The SMILES string of the molecule is CC(C)(C)[Si](C)(C)OCc1onc(-c2cccnc2Cl)c1C=O. The van der Waals surface area contributed by atoms with Crippen LogP contribution in [0.5, 0.6) is 0 Å². The molecule has 0 unspecified atom stereocenters. The molecule has 2 rings (SSSR count). The molecule has 0 aliphatic rings. The Balaban J connectivity index is 2.30. The van der Waals surface area contributed by atoms with Gasteiger partial charge in [-0.15, -0.1) is 0 Å². The molecular formula is C16H21ClN2O3Si. The lowest BCUT2D eigenvalue weighted by Gasteiger charge is -2.35. The van der Waals surface area contributed by atoms with Gasteiger partial charge in [0.2, 0.25) is 0 Å². The largest absolute Gasteiger partial charge is 0.409 e. The van der Waals surface area contributed by atoms with E-state index in [0.717, 1.165) is 6.29 Å². The number of nitrogens with zero attached hydrogens (tertiary/aromatic N) is 2. The van der Waals surface area contributed by atoms with Gasteiger partial charge in [-0.2, -0.15) is 0 Å². The molecule has 0 radical (unpaired) electrons. The van der Waals surface area contributed by atoms with Crippen LogP contribution in [0.3, 0.4) is 0 Å². The predicted molar refractivity (Wildman–Crippen MR) is 92.1 cm³/mol. The number of hydrogen-bond acceptors (Lipinski definition) is 5. The third-order valence-electron chi connectivity index (χ3n) is 4.31. The molecule has 124 valence electrons. The Kier molecular flexibility index (Phi) is 5.08. The summed E-state index contributed by atoms with van der Waals surface area (Å²) in [5.74, 6) is 0.416. The van der Waals surface area contributed by atoms with E-state index in [1.54, 1.807) is 18.3 Å². The standard InChI is InChI=1S/C16H21ClN2O3Si/c1-16(2,3)23(4,5)21-10-13-12(9-20)14(19-22-13)11-7-6-8-18-15(11)17/h6-9H,10H2,1-5H3. The molecule has 2 aromatic rings. The molecule has 2 heterocycles. The van der Waals surface area contributed by atoms with E-state index in [-0.39, 0.29) is 16.8 Å². The lowest BCUT2D eigenvalue weighted by molar-refractivity contribution is 0.111. The van der Waals surface area contributed by atoms with Crippen LogP contribution in [0.25, 0.3) is 11.3 Å². The minimum absolute atomic E-state index is 0.0733. The topological polar surface area (TPSA) is 65.2 Å². The molecule has 0 bridgehead atoms. The molecule has 0 aliphatic heterocycles. The fourth-order valence-corrected chi connectivity index (χ4v) is 2.91. The highest BCUT2D eigenvalue weighted by atomic mass is 35.5. The van der Waals surface area contributed by atoms with Gasteiger partial charge in [0.1, 0.15) is 10.8 Å². The molecule has 0 spiro atoms. The number of carbonyl (C=O) groups excluding carboxylic acids is 1. The molecule has 5 nitrogen and oxygen atoms in total. The van der Waals surface area contributed by atoms with Crippen LogP contribution in [-0.4, -0.2) is 24.7 Å². The Hall–Kier alpha value is -1.50. The number of rotatable bonds is 5. The fraction of sp³-hybridized carbons (Fsp3) is 0.438. The maximum absolute atomic E-state index is 11.5. The van der Waals surface area contributed by atoms with Crippen molar-refractivity contribution in [2.75, 3.05) is 0 Å². The molecule has 0 amide bonds. The summed E-state index contributed by atoms with van der Waals surface area (Å²) >= 11 is 6.07. The van der Waals surface area contributed by atoms with Crippen LogP contribution < -0.4 is 0 Å². The zero-order valence-electron chi connectivity index (χ0n) is 14.0. The summed E-state index contributed by atoms with van der Waals surface area (Å²) < 4.78 is 11.4. The maximum Gasteiger partial charge on any atom is 0.192 e. The summed E-state index contributed by atoms with van der Waals surface area (Å²) in [6.07, 6.45) is 2.30. The molecule has 0 saturated carbocycles. The van der Waals surface area contributed by atoms with E-state index in [4.69, 9.17) is 20.6 Å². The molecule has 0 atom stereocenters. The molecule has 7 heteroatoms. The Labute approximate surface area is 142 Å². The third-order valence-corrected chi connectivity index (χ3v) is 9.08. The van der Waals surface area contributed by atoms with E-state index in [1.165, 1.54) is 0 Å². The highest BCUT2D eigenvalue weighted by Crippen LogP contribution is 2.37. The summed E-state index contributed by atoms with van der Waals surface area (Å²) in [6, 6.07) is 3.48. The zero-order valence-corrected chi connectivity index (χ0v) is 15.8. The van der Waals surface area contributed by atoms with Gasteiger partial charge in [0.15, 0.2) is 20.4 Å². The second kappa shape index (κ2) is 6.55. The summed E-state index contributed by atoms with van der Waals surface area (Å²) in [4.78, 5) is 15.5. The van der Waals surface area contributed by atoms with E-state index < -0.39 is 8.32 Å². The van der Waals surface area contributed by atoms with Crippen molar-refractivity contribution in [3.05, 3.63) is 34.8 Å². The van der Waals surface area contributed by atoms with Crippen molar-refractivity contribution in [1.29, 1.82) is 0 Å². The predicted octanol–water partition coefficient (Wildman–Crippen LogP) is 4.72. The normalized spacial score (nSPS) is 12.4. The molecule has 0 saturated heterocycles. The van der Waals surface area contributed by atoms with E-state index in [0.29, 0.717) is 22.6 Å². The first-order valence-electron chi connectivity index (χ1n) is 7.36. The summed E-state index contributed by atoms with van der Waals surface area (Å²) in [7, 11) is -1.95. The quantitative estimate of drug-likeness (QED) is 0.442. The van der Waals surface area contributed by atoms with E-state index in [1.807, 2.05) is 0 Å². The highest BCUT2D eigenvalue weighted by Gasteiger charge is 2.37. The van der Waals surface area contributed by atoms with E-state index in [9.17, 15) is 4.79 Å². The molecule has 0 fully saturated rings. The van der Waals surface area contributed by atoms with Crippen LogP contribution in [0.1, 0.15) is 36.9 Å². The van der Waals surface area contributed by atoms with Crippen LogP contribution in [0.2, 0.25) is 23.3 Å². The average Bonchev–Trinajstić information content (AvgIpc) is 2.87. The van der Waals surface area contributed by atoms with E-state index >= 15 is 0 Å². The van der Waals surface area contributed by atoms with Crippen molar-refractivity contribution >= 4 is 26.2 Å². The van der Waals surface area contributed by atoms with Crippen LogP contribution in [0.15, 0.2) is 22.9 Å². The number of halogens is 1. The highest BCUT2D eigenvalue weighted by molar-refractivity contribution is 6.74. The lowest BCUT2D eigenvalue weighted by Crippen LogP contribution is -2.40. The molecule has 2 aromatic heterocycles. The van der Waals surface area contributed by atoms with Gasteiger partial charge >= 0.3 is 0 Å². The van der Waals surface area contributed by atoms with E-state index in [2.05, 4.69) is 44.0 Å². The minimum Gasteiger partial charge on any atom is -0.409 e. The Morgan fingerprint density at radius 3 is 2.65 bits per heavy atom. The van der Waals surface area contributed by atoms with Gasteiger partial charge in [-0.3, -0.25) is 4.79 Å². The van der Waals surface area contributed by atoms with Crippen molar-refractivity contribution < 1.29 is 13.7 Å². The number of pyridine rings is 1. The van der Waals surface area contributed by atoms with Crippen LogP contribution in [0.4, 0.5) is 0 Å². The molecular weight excluding hydrogens is 332 g/mol. The van der Waals surface area contributed by atoms with Gasteiger partial charge in [0, 0.05) is 11.8 Å². The van der Waals surface area contributed by atoms with Crippen molar-refractivity contribution in [2.24, 2.45) is 0 Å². The van der Waals surface area contributed by atoms with Crippen LogP contribution in [0, 0.1) is 0 Å². The molecule has 0 N–H and O–H groups in total. The van der Waals surface area contributed by atoms with Crippen molar-refractivity contribution in [3.8, 4) is 11.3 Å². The van der Waals surface area contributed by atoms with Gasteiger partial charge in [-0.1, -0.05) is 37.5 Å². The Morgan fingerprint density at radius 1 is 1.39 bits per heavy atom. The average molecular weight is 353 g/mol. The second-order valence-electron chi connectivity index (χ2n) is 6.88. The molecule has 0 aromatic carbocycles. The molecule has 23 heavy (non-hydrogen) atoms. The van der Waals surface area contributed by atoms with Crippen molar-refractivity contribution in [3.63, 3.8) is 0 Å². The fourth-order valence-electron chi connectivity index (χ4n) is 1.78. The number of hydrogen-bond donors (Lipinski definition) is 0. The zero-order chi connectivity index (χ0) is 17.3. The second-order valence-corrected chi connectivity index (χ2v) is 12.0. The summed E-state index contributed by atoms with van der Waals surface area (Å²) in [6.45, 7) is 11.0.